The number of benzene rings is 2. The second kappa shape index (κ2) is 9.14. The van der Waals surface area contributed by atoms with E-state index in [9.17, 15) is 9.18 Å². The molecule has 0 bridgehead atoms. The third-order valence-electron chi connectivity index (χ3n) is 9.02. The number of halogens is 1. The summed E-state index contributed by atoms with van der Waals surface area (Å²) >= 11 is 0. The first-order valence-electron chi connectivity index (χ1n) is 14.2. The summed E-state index contributed by atoms with van der Waals surface area (Å²) in [6, 6.07) is 14.2. The molecule has 0 unspecified atom stereocenters. The topological polar surface area (TPSA) is 44.6 Å². The van der Waals surface area contributed by atoms with E-state index in [2.05, 4.69) is 53.3 Å². The summed E-state index contributed by atoms with van der Waals surface area (Å²) in [4.78, 5) is 20.4. The van der Waals surface area contributed by atoms with Crippen LogP contribution in [-0.4, -0.2) is 39.8 Å². The molecule has 3 fully saturated rings. The van der Waals surface area contributed by atoms with Gasteiger partial charge in [0.05, 0.1) is 18.3 Å². The number of fused-ring (bicyclic) bond motifs is 1. The van der Waals surface area contributed by atoms with Gasteiger partial charge in [-0.3, -0.25) is 9.58 Å². The number of nitrogens with zero attached hydrogens (tertiary/aromatic N) is 5. The summed E-state index contributed by atoms with van der Waals surface area (Å²) in [5, 5.41) is 4.74. The SMILES string of the molecule is C[C@H]1c2cn(C)nc2N(Cc2ccccc2C2CC2)C(=O)N1C1CCN(c2c(F)cccc2C2CC2)CC1. The van der Waals surface area contributed by atoms with Gasteiger partial charge in [0.25, 0.3) is 0 Å². The van der Waals surface area contributed by atoms with Crippen LogP contribution in [0.1, 0.15) is 85.6 Å². The van der Waals surface area contributed by atoms with E-state index in [0.717, 1.165) is 61.4 Å². The number of carbonyl (C=O) groups is 1. The Balaban J connectivity index is 1.15. The van der Waals surface area contributed by atoms with E-state index in [0.29, 0.717) is 18.4 Å². The van der Waals surface area contributed by atoms with Gasteiger partial charge in [-0.25, -0.2) is 9.18 Å². The van der Waals surface area contributed by atoms with Crippen molar-refractivity contribution in [3.05, 3.63) is 76.7 Å². The van der Waals surface area contributed by atoms with Crippen molar-refractivity contribution < 1.29 is 9.18 Å². The quantitative estimate of drug-likeness (QED) is 0.379. The fraction of sp³-hybridized carbons (Fsp3) is 0.484. The van der Waals surface area contributed by atoms with Gasteiger partial charge in [-0.2, -0.15) is 5.10 Å². The van der Waals surface area contributed by atoms with Crippen molar-refractivity contribution in [1.29, 1.82) is 0 Å². The summed E-state index contributed by atoms with van der Waals surface area (Å²) in [5.41, 5.74) is 5.64. The van der Waals surface area contributed by atoms with Gasteiger partial charge in [0, 0.05) is 37.9 Å². The molecule has 2 aromatic carbocycles. The lowest BCUT2D eigenvalue weighted by molar-refractivity contribution is 0.136. The highest BCUT2D eigenvalue weighted by Gasteiger charge is 2.43. The largest absolute Gasteiger partial charge is 0.369 e. The number of carbonyl (C=O) groups excluding carboxylic acids is 1. The van der Waals surface area contributed by atoms with E-state index >= 15 is 0 Å². The van der Waals surface area contributed by atoms with E-state index in [-0.39, 0.29) is 23.9 Å². The molecule has 0 radical (unpaired) electrons. The zero-order valence-corrected chi connectivity index (χ0v) is 22.3. The van der Waals surface area contributed by atoms with Gasteiger partial charge < -0.3 is 9.80 Å². The number of anilines is 2. The van der Waals surface area contributed by atoms with Crippen LogP contribution in [0.15, 0.2) is 48.7 Å². The second-order valence-corrected chi connectivity index (χ2v) is 11.7. The summed E-state index contributed by atoms with van der Waals surface area (Å²) < 4.78 is 16.8. The minimum absolute atomic E-state index is 0.0392. The molecule has 1 saturated heterocycles. The average Bonchev–Trinajstić information content (AvgIpc) is 3.85. The smallest absolute Gasteiger partial charge is 0.326 e. The molecular weight excluding hydrogens is 477 g/mol. The van der Waals surface area contributed by atoms with E-state index in [1.165, 1.54) is 24.0 Å². The molecule has 3 aromatic rings. The van der Waals surface area contributed by atoms with Crippen molar-refractivity contribution in [2.45, 2.75) is 75.9 Å². The van der Waals surface area contributed by atoms with Gasteiger partial charge in [-0.05, 0) is 80.0 Å². The molecule has 1 aromatic heterocycles. The van der Waals surface area contributed by atoms with Crippen molar-refractivity contribution in [1.82, 2.24) is 14.7 Å². The summed E-state index contributed by atoms with van der Waals surface area (Å²) in [5.74, 6) is 1.78. The summed E-state index contributed by atoms with van der Waals surface area (Å²) in [6.07, 6.45) is 8.49. The first-order chi connectivity index (χ1) is 18.5. The monoisotopic (exact) mass is 513 g/mol. The third-order valence-corrected chi connectivity index (χ3v) is 9.02. The molecule has 3 heterocycles. The molecular formula is C31H36FN5O. The molecule has 0 N–H and O–H groups in total. The third kappa shape index (κ3) is 4.07. The van der Waals surface area contributed by atoms with Crippen molar-refractivity contribution in [3.8, 4) is 0 Å². The highest BCUT2D eigenvalue weighted by molar-refractivity contribution is 5.94. The molecule has 1 atom stereocenters. The minimum Gasteiger partial charge on any atom is -0.369 e. The standard InChI is InChI=1S/C31H36FN5O/c1-20-27-19-34(2)33-30(27)36(18-23-6-3-4-7-25(23)21-10-11-21)31(38)37(20)24-14-16-35(17-15-24)29-26(22-12-13-22)8-5-9-28(29)32/h3-9,19-22,24H,10-18H2,1-2H3/t20-/m0/s1. The minimum atomic E-state index is -0.115. The molecule has 7 rings (SSSR count). The Kier molecular flexibility index (Phi) is 5.71. The van der Waals surface area contributed by atoms with Gasteiger partial charge in [-0.15, -0.1) is 0 Å². The molecule has 2 amide bonds. The van der Waals surface area contributed by atoms with E-state index in [4.69, 9.17) is 5.10 Å². The number of aryl methyl sites for hydroxylation is 1. The van der Waals surface area contributed by atoms with Crippen molar-refractivity contribution in [3.63, 3.8) is 0 Å². The lowest BCUT2D eigenvalue weighted by atomic mass is 9.96. The van der Waals surface area contributed by atoms with Gasteiger partial charge in [0.2, 0.25) is 0 Å². The van der Waals surface area contributed by atoms with Crippen LogP contribution in [-0.2, 0) is 13.6 Å². The molecule has 2 aliphatic carbocycles. The van der Waals surface area contributed by atoms with Crippen LogP contribution in [0.3, 0.4) is 0 Å². The van der Waals surface area contributed by atoms with E-state index < -0.39 is 0 Å². The molecule has 6 nitrogen and oxygen atoms in total. The Morgan fingerprint density at radius 2 is 1.58 bits per heavy atom. The fourth-order valence-electron chi connectivity index (χ4n) is 6.76. The number of hydrogen-bond acceptors (Lipinski definition) is 3. The Hall–Kier alpha value is -3.35. The predicted octanol–water partition coefficient (Wildman–Crippen LogP) is 6.49. The van der Waals surface area contributed by atoms with Crippen molar-refractivity contribution in [2.24, 2.45) is 7.05 Å². The highest BCUT2D eigenvalue weighted by Crippen LogP contribution is 2.47. The molecule has 38 heavy (non-hydrogen) atoms. The summed E-state index contributed by atoms with van der Waals surface area (Å²) in [7, 11) is 1.93. The zero-order valence-electron chi connectivity index (χ0n) is 22.3. The maximum Gasteiger partial charge on any atom is 0.326 e. The molecule has 2 saturated carbocycles. The maximum absolute atomic E-state index is 15.0. The number of hydrogen-bond donors (Lipinski definition) is 0. The molecule has 4 aliphatic rings. The van der Waals surface area contributed by atoms with Gasteiger partial charge >= 0.3 is 6.03 Å². The van der Waals surface area contributed by atoms with Crippen molar-refractivity contribution in [2.75, 3.05) is 22.9 Å². The average molecular weight is 514 g/mol. The number of urea groups is 1. The number of para-hydroxylation sites is 1. The van der Waals surface area contributed by atoms with Gasteiger partial charge in [0.1, 0.15) is 5.82 Å². The van der Waals surface area contributed by atoms with E-state index in [1.54, 1.807) is 6.07 Å². The van der Waals surface area contributed by atoms with Gasteiger partial charge in [0.15, 0.2) is 5.82 Å². The van der Waals surface area contributed by atoms with Crippen molar-refractivity contribution >= 4 is 17.5 Å². The van der Waals surface area contributed by atoms with E-state index in [1.807, 2.05) is 22.7 Å². The molecule has 2 aliphatic heterocycles. The number of aromatic nitrogens is 2. The molecule has 198 valence electrons. The number of piperidine rings is 1. The van der Waals surface area contributed by atoms with Crippen LogP contribution in [0.4, 0.5) is 20.7 Å². The Labute approximate surface area is 224 Å². The first-order valence-corrected chi connectivity index (χ1v) is 14.2. The second-order valence-electron chi connectivity index (χ2n) is 11.7. The zero-order chi connectivity index (χ0) is 26.0. The Morgan fingerprint density at radius 3 is 2.32 bits per heavy atom. The lowest BCUT2D eigenvalue weighted by Gasteiger charge is -2.46. The maximum atomic E-state index is 15.0. The van der Waals surface area contributed by atoms with Crippen LogP contribution < -0.4 is 9.80 Å². The van der Waals surface area contributed by atoms with Crippen LogP contribution in [0, 0.1) is 5.82 Å². The molecule has 7 heteroatoms. The highest BCUT2D eigenvalue weighted by atomic mass is 19.1. The first kappa shape index (κ1) is 23.7. The number of rotatable bonds is 6. The van der Waals surface area contributed by atoms with Gasteiger partial charge in [-0.1, -0.05) is 36.4 Å². The van der Waals surface area contributed by atoms with Crippen LogP contribution in [0.2, 0.25) is 0 Å². The lowest BCUT2D eigenvalue weighted by Crippen LogP contribution is -2.55. The van der Waals surface area contributed by atoms with Crippen LogP contribution in [0.5, 0.6) is 0 Å². The van der Waals surface area contributed by atoms with Crippen LogP contribution >= 0.6 is 0 Å². The van der Waals surface area contributed by atoms with Crippen LogP contribution in [0.25, 0.3) is 0 Å². The Bertz CT molecular complexity index is 1370. The summed E-state index contributed by atoms with van der Waals surface area (Å²) in [6.45, 7) is 4.18. The normalized spacial score (nSPS) is 22.2. The molecule has 0 spiro atoms. The predicted molar refractivity (Wildman–Crippen MR) is 147 cm³/mol. The fourth-order valence-corrected chi connectivity index (χ4v) is 6.76. The Morgan fingerprint density at radius 1 is 0.895 bits per heavy atom. The number of amides is 2.